The van der Waals surface area contributed by atoms with Gasteiger partial charge in [-0.2, -0.15) is 0 Å². The molecule has 3 atom stereocenters. The van der Waals surface area contributed by atoms with E-state index in [1.807, 2.05) is 26.0 Å². The molecule has 0 saturated heterocycles. The fourth-order valence-electron chi connectivity index (χ4n) is 1.57. The highest BCUT2D eigenvalue weighted by molar-refractivity contribution is 5.73. The third-order valence-electron chi connectivity index (χ3n) is 3.14. The van der Waals surface area contributed by atoms with Gasteiger partial charge in [-0.1, -0.05) is 38.2 Å². The van der Waals surface area contributed by atoms with Crippen LogP contribution < -0.4 is 0 Å². The number of rotatable bonds is 6. The van der Waals surface area contributed by atoms with Gasteiger partial charge in [0.15, 0.2) is 0 Å². The van der Waals surface area contributed by atoms with Crippen LogP contribution in [0.2, 0.25) is 0 Å². The van der Waals surface area contributed by atoms with Crippen molar-refractivity contribution < 1.29 is 15.0 Å². The van der Waals surface area contributed by atoms with Crippen molar-refractivity contribution in [3.8, 4) is 0 Å². The molecule has 17 heavy (non-hydrogen) atoms. The Labute approximate surface area is 104 Å². The summed E-state index contributed by atoms with van der Waals surface area (Å²) in [7, 11) is 0. The van der Waals surface area contributed by atoms with Crippen LogP contribution in [0, 0.1) is 17.8 Å². The Hall–Kier alpha value is -1.09. The Morgan fingerprint density at radius 2 is 1.76 bits per heavy atom. The monoisotopic (exact) mass is 240 g/mol. The van der Waals surface area contributed by atoms with Gasteiger partial charge >= 0.3 is 5.97 Å². The average Bonchev–Trinajstić information content (AvgIpc) is 2.11. The number of aliphatic hydroxyl groups is 1. The van der Waals surface area contributed by atoms with Gasteiger partial charge in [0.25, 0.3) is 0 Å². The molecule has 0 aliphatic carbocycles. The van der Waals surface area contributed by atoms with Crippen molar-refractivity contribution >= 4 is 5.97 Å². The number of carboxylic acid groups (broad SMARTS) is 1. The van der Waals surface area contributed by atoms with Gasteiger partial charge in [-0.25, -0.2) is 0 Å². The summed E-state index contributed by atoms with van der Waals surface area (Å²) in [5.74, 6) is -1.58. The van der Waals surface area contributed by atoms with Crippen molar-refractivity contribution in [1.29, 1.82) is 0 Å². The highest BCUT2D eigenvalue weighted by Crippen LogP contribution is 2.23. The summed E-state index contributed by atoms with van der Waals surface area (Å²) in [6.45, 7) is 12.7. The molecule has 0 radical (unpaired) electrons. The second kappa shape index (κ2) is 6.01. The lowest BCUT2D eigenvalue weighted by molar-refractivity contribution is -0.141. The minimum absolute atomic E-state index is 0.0236. The summed E-state index contributed by atoms with van der Waals surface area (Å²) in [6.07, 6.45) is 3.71. The number of hydrogen-bond donors (Lipinski definition) is 2. The lowest BCUT2D eigenvalue weighted by Crippen LogP contribution is -2.27. The quantitative estimate of drug-likeness (QED) is 0.702. The van der Waals surface area contributed by atoms with Crippen molar-refractivity contribution in [1.82, 2.24) is 0 Å². The first-order valence-electron chi connectivity index (χ1n) is 5.86. The largest absolute Gasteiger partial charge is 0.481 e. The van der Waals surface area contributed by atoms with E-state index in [4.69, 9.17) is 5.11 Å². The lowest BCUT2D eigenvalue weighted by atomic mass is 9.86. The second-order valence-electron chi connectivity index (χ2n) is 5.35. The van der Waals surface area contributed by atoms with E-state index in [0.29, 0.717) is 5.57 Å². The van der Waals surface area contributed by atoms with Crippen LogP contribution in [-0.2, 0) is 4.79 Å². The summed E-state index contributed by atoms with van der Waals surface area (Å²) >= 11 is 0. The van der Waals surface area contributed by atoms with Crippen molar-refractivity contribution in [2.24, 2.45) is 17.8 Å². The third kappa shape index (κ3) is 5.18. The summed E-state index contributed by atoms with van der Waals surface area (Å²) in [6, 6.07) is 0. The van der Waals surface area contributed by atoms with Crippen LogP contribution in [0.3, 0.4) is 0 Å². The van der Waals surface area contributed by atoms with E-state index in [1.165, 1.54) is 0 Å². The first-order chi connectivity index (χ1) is 7.57. The molecule has 0 saturated carbocycles. The maximum atomic E-state index is 11.1. The van der Waals surface area contributed by atoms with Crippen LogP contribution in [0.1, 0.15) is 34.6 Å². The van der Waals surface area contributed by atoms with Gasteiger partial charge in [-0.05, 0) is 26.7 Å². The zero-order chi connectivity index (χ0) is 13.8. The van der Waals surface area contributed by atoms with Crippen LogP contribution in [0.4, 0.5) is 0 Å². The van der Waals surface area contributed by atoms with Crippen molar-refractivity contribution in [2.45, 2.75) is 40.2 Å². The van der Waals surface area contributed by atoms with E-state index in [2.05, 4.69) is 6.58 Å². The molecule has 0 amide bonds. The highest BCUT2D eigenvalue weighted by atomic mass is 16.4. The molecule has 0 aliphatic heterocycles. The summed E-state index contributed by atoms with van der Waals surface area (Å²) in [5.41, 5.74) is -0.149. The van der Waals surface area contributed by atoms with E-state index in [1.54, 1.807) is 20.8 Å². The summed E-state index contributed by atoms with van der Waals surface area (Å²) in [5, 5.41) is 18.9. The third-order valence-corrected chi connectivity index (χ3v) is 3.14. The van der Waals surface area contributed by atoms with Gasteiger partial charge in [-0.3, -0.25) is 4.79 Å². The molecule has 3 heteroatoms. The minimum atomic E-state index is -0.856. The number of hydrogen-bond acceptors (Lipinski definition) is 2. The fraction of sp³-hybridized carbons (Fsp3) is 0.643. The molecule has 0 aromatic heterocycles. The first kappa shape index (κ1) is 15.9. The van der Waals surface area contributed by atoms with Crippen LogP contribution in [0.15, 0.2) is 24.3 Å². The van der Waals surface area contributed by atoms with E-state index in [0.717, 1.165) is 0 Å². The van der Waals surface area contributed by atoms with Crippen molar-refractivity contribution in [3.63, 3.8) is 0 Å². The van der Waals surface area contributed by atoms with E-state index in [9.17, 15) is 9.90 Å². The topological polar surface area (TPSA) is 57.5 Å². The Balaban J connectivity index is 4.73. The predicted octanol–water partition coefficient (Wildman–Crippen LogP) is 2.86. The zero-order valence-corrected chi connectivity index (χ0v) is 11.4. The predicted molar refractivity (Wildman–Crippen MR) is 69.7 cm³/mol. The Bertz CT molecular complexity index is 296. The summed E-state index contributed by atoms with van der Waals surface area (Å²) in [4.78, 5) is 11.1. The zero-order valence-electron chi connectivity index (χ0n) is 11.4. The van der Waals surface area contributed by atoms with Gasteiger partial charge in [0.05, 0.1) is 11.5 Å². The molecule has 0 rings (SSSR count). The Morgan fingerprint density at radius 3 is 2.06 bits per heavy atom. The maximum absolute atomic E-state index is 11.1. The van der Waals surface area contributed by atoms with E-state index < -0.39 is 17.5 Å². The Kier molecular flexibility index (Phi) is 5.62. The molecule has 0 unspecified atom stereocenters. The fourth-order valence-corrected chi connectivity index (χ4v) is 1.57. The SMILES string of the molecule is C=C(C)[C@H](C(=O)O)[C@H](C)/C=C/[C@H](C)C(C)(C)O. The molecular weight excluding hydrogens is 216 g/mol. The standard InChI is InChI=1S/C14H24O3/c1-9(2)12(13(15)16)10(3)7-8-11(4)14(5,6)17/h7-8,10-12,17H,1H2,2-6H3,(H,15,16)/b8-7+/t10-,11+,12+/m1/s1. The highest BCUT2D eigenvalue weighted by Gasteiger charge is 2.25. The summed E-state index contributed by atoms with van der Waals surface area (Å²) < 4.78 is 0. The number of carbonyl (C=O) groups is 1. The maximum Gasteiger partial charge on any atom is 0.311 e. The second-order valence-corrected chi connectivity index (χ2v) is 5.35. The molecule has 98 valence electrons. The number of carboxylic acids is 1. The first-order valence-corrected chi connectivity index (χ1v) is 5.86. The Morgan fingerprint density at radius 1 is 1.29 bits per heavy atom. The van der Waals surface area contributed by atoms with Gasteiger partial charge in [0.2, 0.25) is 0 Å². The van der Waals surface area contributed by atoms with Crippen LogP contribution in [-0.4, -0.2) is 21.8 Å². The van der Waals surface area contributed by atoms with Crippen molar-refractivity contribution in [2.75, 3.05) is 0 Å². The molecule has 0 aromatic rings. The van der Waals surface area contributed by atoms with E-state index >= 15 is 0 Å². The van der Waals surface area contributed by atoms with Crippen molar-refractivity contribution in [3.05, 3.63) is 24.3 Å². The molecular formula is C14H24O3. The normalized spacial score (nSPS) is 17.8. The molecule has 0 spiro atoms. The molecule has 0 heterocycles. The molecule has 2 N–H and O–H groups in total. The molecule has 0 aromatic carbocycles. The average molecular weight is 240 g/mol. The molecule has 0 fully saturated rings. The number of allylic oxidation sites excluding steroid dienone is 1. The van der Waals surface area contributed by atoms with Gasteiger partial charge in [0.1, 0.15) is 0 Å². The smallest absolute Gasteiger partial charge is 0.311 e. The number of aliphatic carboxylic acids is 1. The van der Waals surface area contributed by atoms with Crippen LogP contribution in [0.25, 0.3) is 0 Å². The lowest BCUT2D eigenvalue weighted by Gasteiger charge is -2.24. The van der Waals surface area contributed by atoms with Crippen LogP contribution >= 0.6 is 0 Å². The van der Waals surface area contributed by atoms with E-state index in [-0.39, 0.29) is 11.8 Å². The van der Waals surface area contributed by atoms with Crippen LogP contribution in [0.5, 0.6) is 0 Å². The molecule has 3 nitrogen and oxygen atoms in total. The van der Waals surface area contributed by atoms with Gasteiger partial charge in [0, 0.05) is 5.92 Å². The minimum Gasteiger partial charge on any atom is -0.481 e. The molecule has 0 aliphatic rings. The molecule has 0 bridgehead atoms. The van der Waals surface area contributed by atoms with Gasteiger partial charge in [-0.15, -0.1) is 0 Å². The van der Waals surface area contributed by atoms with Gasteiger partial charge < -0.3 is 10.2 Å².